The van der Waals surface area contributed by atoms with Gasteiger partial charge in [0.05, 0.1) is 19.4 Å². The number of carbonyl (C=O) groups is 1. The van der Waals surface area contributed by atoms with E-state index in [1.807, 2.05) is 62.4 Å². The molecule has 3 aromatic rings. The number of aryl methyl sites for hydroxylation is 1. The van der Waals surface area contributed by atoms with Crippen LogP contribution in [-0.4, -0.2) is 23.3 Å². The zero-order valence-electron chi connectivity index (χ0n) is 17.2. The lowest BCUT2D eigenvalue weighted by molar-refractivity contribution is 0.0953. The van der Waals surface area contributed by atoms with Crippen LogP contribution in [0.2, 0.25) is 0 Å². The van der Waals surface area contributed by atoms with Crippen LogP contribution < -0.4 is 15.7 Å². The number of hydrogen-bond donors (Lipinski definition) is 1. The third-order valence-electron chi connectivity index (χ3n) is 4.45. The Kier molecular flexibility index (Phi) is 7.16. The highest BCUT2D eigenvalue weighted by molar-refractivity contribution is 5.94. The molecule has 1 aromatic heterocycles. The van der Waals surface area contributed by atoms with Gasteiger partial charge in [-0.25, -0.2) is 5.43 Å². The molecule has 0 fully saturated rings. The summed E-state index contributed by atoms with van der Waals surface area (Å²) in [4.78, 5) is 25.2. The fraction of sp³-hybridized carbons (Fsp3) is 0.208. The lowest BCUT2D eigenvalue weighted by Crippen LogP contribution is -2.30. The van der Waals surface area contributed by atoms with Crippen LogP contribution in [0.3, 0.4) is 0 Å². The Hall–Kier alpha value is -3.67. The standard InChI is InChI=1S/C24H25N3O3/c1-3-14-30-22-12-5-4-10-20(22)16-25-26-23(28)21-11-7-13-27(24(21)29)17-19-9-6-8-18(2)15-19/h4-13,15-16H,3,14,17H2,1-2H3,(H,26,28)/b25-16-. The topological polar surface area (TPSA) is 72.7 Å². The molecule has 0 saturated heterocycles. The Morgan fingerprint density at radius 1 is 1.13 bits per heavy atom. The third kappa shape index (κ3) is 5.44. The third-order valence-corrected chi connectivity index (χ3v) is 4.45. The molecule has 1 heterocycles. The van der Waals surface area contributed by atoms with Gasteiger partial charge in [-0.2, -0.15) is 5.10 Å². The minimum Gasteiger partial charge on any atom is -0.493 e. The summed E-state index contributed by atoms with van der Waals surface area (Å²) in [7, 11) is 0. The molecule has 0 saturated carbocycles. The number of nitrogens with zero attached hydrogens (tertiary/aromatic N) is 2. The first kappa shape index (κ1) is 21.0. The minimum atomic E-state index is -0.554. The lowest BCUT2D eigenvalue weighted by Gasteiger charge is -2.09. The molecular weight excluding hydrogens is 378 g/mol. The van der Waals surface area contributed by atoms with Crippen LogP contribution in [0.5, 0.6) is 5.75 Å². The van der Waals surface area contributed by atoms with E-state index in [4.69, 9.17) is 4.74 Å². The van der Waals surface area contributed by atoms with E-state index in [2.05, 4.69) is 10.5 Å². The summed E-state index contributed by atoms with van der Waals surface area (Å²) >= 11 is 0. The normalized spacial score (nSPS) is 10.9. The van der Waals surface area contributed by atoms with Crippen LogP contribution >= 0.6 is 0 Å². The number of nitrogens with one attached hydrogen (secondary N) is 1. The van der Waals surface area contributed by atoms with Crippen LogP contribution in [0, 0.1) is 6.92 Å². The highest BCUT2D eigenvalue weighted by atomic mass is 16.5. The molecule has 0 aliphatic heterocycles. The van der Waals surface area contributed by atoms with Gasteiger partial charge >= 0.3 is 0 Å². The summed E-state index contributed by atoms with van der Waals surface area (Å²) in [5.74, 6) is 0.138. The second kappa shape index (κ2) is 10.2. The smallest absolute Gasteiger partial charge is 0.276 e. The van der Waals surface area contributed by atoms with Crippen molar-refractivity contribution < 1.29 is 9.53 Å². The number of rotatable bonds is 8. The predicted molar refractivity (Wildman–Crippen MR) is 118 cm³/mol. The lowest BCUT2D eigenvalue weighted by atomic mass is 10.1. The van der Waals surface area contributed by atoms with Gasteiger partial charge in [-0.1, -0.05) is 48.9 Å². The van der Waals surface area contributed by atoms with E-state index < -0.39 is 5.91 Å². The zero-order valence-corrected chi connectivity index (χ0v) is 17.2. The SMILES string of the molecule is CCCOc1ccccc1/C=N\NC(=O)c1cccn(Cc2cccc(C)c2)c1=O. The van der Waals surface area contributed by atoms with Crippen LogP contribution in [0.25, 0.3) is 0 Å². The highest BCUT2D eigenvalue weighted by Gasteiger charge is 2.12. The van der Waals surface area contributed by atoms with E-state index >= 15 is 0 Å². The van der Waals surface area contributed by atoms with Crippen molar-refractivity contribution in [3.8, 4) is 5.75 Å². The monoisotopic (exact) mass is 403 g/mol. The van der Waals surface area contributed by atoms with Crippen molar-refractivity contribution in [1.82, 2.24) is 9.99 Å². The van der Waals surface area contributed by atoms with E-state index in [-0.39, 0.29) is 11.1 Å². The van der Waals surface area contributed by atoms with Crippen molar-refractivity contribution >= 4 is 12.1 Å². The average Bonchev–Trinajstić information content (AvgIpc) is 2.74. The largest absolute Gasteiger partial charge is 0.493 e. The number of hydrogen-bond acceptors (Lipinski definition) is 4. The quantitative estimate of drug-likeness (QED) is 0.460. The predicted octanol–water partition coefficient (Wildman–Crippen LogP) is 3.76. The molecule has 0 atom stereocenters. The second-order valence-corrected chi connectivity index (χ2v) is 6.93. The van der Waals surface area contributed by atoms with E-state index in [0.717, 1.165) is 23.1 Å². The van der Waals surface area contributed by atoms with Gasteiger partial charge in [0.1, 0.15) is 11.3 Å². The number of ether oxygens (including phenoxy) is 1. The van der Waals surface area contributed by atoms with Crippen LogP contribution in [0.4, 0.5) is 0 Å². The van der Waals surface area contributed by atoms with Gasteiger partial charge in [0.25, 0.3) is 11.5 Å². The second-order valence-electron chi connectivity index (χ2n) is 6.93. The first-order chi connectivity index (χ1) is 14.6. The highest BCUT2D eigenvalue weighted by Crippen LogP contribution is 2.15. The number of hydrazone groups is 1. The number of pyridine rings is 1. The van der Waals surface area contributed by atoms with Gasteiger partial charge in [-0.05, 0) is 43.2 Å². The molecule has 0 radical (unpaired) electrons. The number of aromatic nitrogens is 1. The Balaban J connectivity index is 1.72. The fourth-order valence-corrected chi connectivity index (χ4v) is 2.99. The Bertz CT molecular complexity index is 1100. The summed E-state index contributed by atoms with van der Waals surface area (Å²) in [6.45, 7) is 5.02. The summed E-state index contributed by atoms with van der Waals surface area (Å²) in [6, 6.07) is 18.5. The van der Waals surface area contributed by atoms with Crippen molar-refractivity contribution in [2.75, 3.05) is 6.61 Å². The van der Waals surface area contributed by atoms with E-state index in [0.29, 0.717) is 18.9 Å². The molecule has 1 amide bonds. The molecule has 6 heteroatoms. The summed E-state index contributed by atoms with van der Waals surface area (Å²) < 4.78 is 7.19. The molecule has 0 unspecified atom stereocenters. The van der Waals surface area contributed by atoms with Gasteiger partial charge in [-0.15, -0.1) is 0 Å². The van der Waals surface area contributed by atoms with Gasteiger partial charge in [-0.3, -0.25) is 9.59 Å². The maximum atomic E-state index is 12.7. The number of benzene rings is 2. The molecule has 0 aliphatic carbocycles. The fourth-order valence-electron chi connectivity index (χ4n) is 2.99. The van der Waals surface area contributed by atoms with Crippen LogP contribution in [-0.2, 0) is 6.54 Å². The summed E-state index contributed by atoms with van der Waals surface area (Å²) in [6.07, 6.45) is 4.08. The Labute approximate surface area is 175 Å². The number of amides is 1. The molecule has 0 bridgehead atoms. The van der Waals surface area contributed by atoms with Gasteiger partial charge in [0.2, 0.25) is 0 Å². The minimum absolute atomic E-state index is 0.0396. The van der Waals surface area contributed by atoms with Crippen molar-refractivity contribution in [3.05, 3.63) is 99.5 Å². The van der Waals surface area contributed by atoms with Crippen molar-refractivity contribution in [2.45, 2.75) is 26.8 Å². The first-order valence-corrected chi connectivity index (χ1v) is 9.88. The maximum absolute atomic E-state index is 12.7. The molecule has 30 heavy (non-hydrogen) atoms. The van der Waals surface area contributed by atoms with Crippen molar-refractivity contribution in [1.29, 1.82) is 0 Å². The van der Waals surface area contributed by atoms with E-state index in [1.54, 1.807) is 12.3 Å². The van der Waals surface area contributed by atoms with E-state index in [9.17, 15) is 9.59 Å². The molecule has 2 aromatic carbocycles. The van der Waals surface area contributed by atoms with Crippen LogP contribution in [0.1, 0.15) is 40.4 Å². The van der Waals surface area contributed by atoms with Crippen molar-refractivity contribution in [2.24, 2.45) is 5.10 Å². The molecule has 6 nitrogen and oxygen atoms in total. The number of carbonyl (C=O) groups excluding carboxylic acids is 1. The average molecular weight is 403 g/mol. The molecular formula is C24H25N3O3. The maximum Gasteiger partial charge on any atom is 0.276 e. The molecule has 0 aliphatic rings. The molecule has 3 rings (SSSR count). The van der Waals surface area contributed by atoms with Crippen molar-refractivity contribution in [3.63, 3.8) is 0 Å². The Morgan fingerprint density at radius 3 is 2.77 bits per heavy atom. The van der Waals surface area contributed by atoms with Gasteiger partial charge < -0.3 is 9.30 Å². The van der Waals surface area contributed by atoms with E-state index in [1.165, 1.54) is 16.8 Å². The molecule has 0 spiro atoms. The Morgan fingerprint density at radius 2 is 1.97 bits per heavy atom. The zero-order chi connectivity index (χ0) is 21.3. The van der Waals surface area contributed by atoms with Crippen LogP contribution in [0.15, 0.2) is 76.8 Å². The summed E-state index contributed by atoms with van der Waals surface area (Å²) in [5, 5.41) is 4.00. The molecule has 154 valence electrons. The number of para-hydroxylation sites is 1. The van der Waals surface area contributed by atoms with Gasteiger partial charge in [0.15, 0.2) is 0 Å². The summed E-state index contributed by atoms with van der Waals surface area (Å²) in [5.41, 5.74) is 4.97. The van der Waals surface area contributed by atoms with Gasteiger partial charge in [0, 0.05) is 11.8 Å². The first-order valence-electron chi connectivity index (χ1n) is 9.88. The molecule has 1 N–H and O–H groups in total.